The molecule has 1 atom stereocenters. The van der Waals surface area contributed by atoms with Gasteiger partial charge in [0.25, 0.3) is 23.2 Å². The van der Waals surface area contributed by atoms with Crippen LogP contribution >= 0.6 is 11.8 Å². The summed E-state index contributed by atoms with van der Waals surface area (Å²) in [6.45, 7) is 3.95. The SMILES string of the molecule is C=CCOc1ccc(C=NNC(=O)[C@H](CSCc2ccccc2)NC(=O)c2cc([N+](=O)[O-])cc([N+](=O)[O-])c2)cc1. The molecule has 0 saturated heterocycles. The largest absolute Gasteiger partial charge is 0.490 e. The summed E-state index contributed by atoms with van der Waals surface area (Å²) in [6, 6.07) is 17.9. The minimum Gasteiger partial charge on any atom is -0.490 e. The number of carbonyl (C=O) groups is 2. The lowest BCUT2D eigenvalue weighted by molar-refractivity contribution is -0.394. The zero-order chi connectivity index (χ0) is 28.9. The molecule has 0 heterocycles. The number of nitrogens with one attached hydrogen (secondary N) is 2. The molecule has 0 saturated carbocycles. The summed E-state index contributed by atoms with van der Waals surface area (Å²) in [5.41, 5.74) is 2.50. The molecule has 0 aromatic heterocycles. The molecule has 0 aliphatic carbocycles. The van der Waals surface area contributed by atoms with Gasteiger partial charge in [-0.25, -0.2) is 5.43 Å². The van der Waals surface area contributed by atoms with Crippen molar-refractivity contribution in [3.8, 4) is 5.75 Å². The third-order valence-corrected chi connectivity index (χ3v) is 6.35. The lowest BCUT2D eigenvalue weighted by Gasteiger charge is -2.17. The van der Waals surface area contributed by atoms with Gasteiger partial charge in [-0.05, 0) is 35.4 Å². The molecule has 2 amide bonds. The Labute approximate surface area is 233 Å². The highest BCUT2D eigenvalue weighted by molar-refractivity contribution is 7.98. The minimum atomic E-state index is -1.11. The van der Waals surface area contributed by atoms with E-state index in [1.54, 1.807) is 30.3 Å². The molecule has 3 rings (SSSR count). The Morgan fingerprint density at radius 1 is 1.00 bits per heavy atom. The molecular formula is C27H25N5O7S. The second-order valence-corrected chi connectivity index (χ2v) is 9.21. The van der Waals surface area contributed by atoms with Crippen LogP contribution in [0.5, 0.6) is 5.75 Å². The molecule has 0 unspecified atom stereocenters. The summed E-state index contributed by atoms with van der Waals surface area (Å²) in [6.07, 6.45) is 3.04. The molecule has 0 radical (unpaired) electrons. The van der Waals surface area contributed by atoms with E-state index in [0.29, 0.717) is 23.7 Å². The first-order chi connectivity index (χ1) is 19.3. The van der Waals surface area contributed by atoms with Gasteiger partial charge in [-0.15, -0.1) is 0 Å². The van der Waals surface area contributed by atoms with E-state index >= 15 is 0 Å². The fourth-order valence-corrected chi connectivity index (χ4v) is 4.30. The zero-order valence-electron chi connectivity index (χ0n) is 21.1. The van der Waals surface area contributed by atoms with Gasteiger partial charge in [-0.2, -0.15) is 16.9 Å². The number of nitro benzene ring substituents is 2. The molecule has 12 nitrogen and oxygen atoms in total. The molecule has 0 aliphatic heterocycles. The minimum absolute atomic E-state index is 0.133. The number of hydrogen-bond donors (Lipinski definition) is 2. The predicted octanol–water partition coefficient (Wildman–Crippen LogP) is 4.25. The van der Waals surface area contributed by atoms with Crippen molar-refractivity contribution in [1.29, 1.82) is 0 Å². The number of hydrogen-bond acceptors (Lipinski definition) is 9. The van der Waals surface area contributed by atoms with Crippen molar-refractivity contribution in [2.45, 2.75) is 11.8 Å². The van der Waals surface area contributed by atoms with Crippen LogP contribution in [-0.4, -0.2) is 46.3 Å². The Kier molecular flexibility index (Phi) is 10.9. The molecule has 13 heteroatoms. The number of non-ortho nitro benzene ring substituents is 2. The van der Waals surface area contributed by atoms with Crippen molar-refractivity contribution < 1.29 is 24.2 Å². The van der Waals surface area contributed by atoms with E-state index in [4.69, 9.17) is 4.74 Å². The first-order valence-electron chi connectivity index (χ1n) is 11.8. The predicted molar refractivity (Wildman–Crippen MR) is 151 cm³/mol. The van der Waals surface area contributed by atoms with Gasteiger partial charge in [0, 0.05) is 23.6 Å². The first-order valence-corrected chi connectivity index (χ1v) is 13.0. The Balaban J connectivity index is 1.73. The van der Waals surface area contributed by atoms with Crippen molar-refractivity contribution in [2.24, 2.45) is 5.10 Å². The normalized spacial score (nSPS) is 11.4. The van der Waals surface area contributed by atoms with Crippen LogP contribution in [0.15, 0.2) is 90.6 Å². The number of benzene rings is 3. The van der Waals surface area contributed by atoms with Crippen LogP contribution in [0.3, 0.4) is 0 Å². The monoisotopic (exact) mass is 563 g/mol. The summed E-state index contributed by atoms with van der Waals surface area (Å²) in [5.74, 6) is -0.205. The third-order valence-electron chi connectivity index (χ3n) is 5.24. The topological polar surface area (TPSA) is 166 Å². The molecular weight excluding hydrogens is 538 g/mol. The van der Waals surface area contributed by atoms with Crippen LogP contribution in [0.25, 0.3) is 0 Å². The van der Waals surface area contributed by atoms with Gasteiger partial charge in [0.15, 0.2) is 0 Å². The van der Waals surface area contributed by atoms with Gasteiger partial charge in [-0.3, -0.25) is 29.8 Å². The molecule has 2 N–H and O–H groups in total. The highest BCUT2D eigenvalue weighted by atomic mass is 32.2. The molecule has 206 valence electrons. The first kappa shape index (κ1) is 29.5. The van der Waals surface area contributed by atoms with E-state index in [9.17, 15) is 29.8 Å². The lowest BCUT2D eigenvalue weighted by atomic mass is 10.1. The van der Waals surface area contributed by atoms with E-state index in [2.05, 4.69) is 22.4 Å². The molecule has 0 bridgehead atoms. The third kappa shape index (κ3) is 9.06. The second-order valence-electron chi connectivity index (χ2n) is 8.18. The number of amides is 2. The number of carbonyl (C=O) groups excluding carboxylic acids is 2. The molecule has 0 fully saturated rings. The van der Waals surface area contributed by atoms with E-state index in [-0.39, 0.29) is 11.3 Å². The standard InChI is InChI=1S/C27H25N5O7S/c1-2-12-39-24-10-8-19(9-11-24)16-28-30-27(34)25(18-40-17-20-6-4-3-5-7-20)29-26(33)21-13-22(31(35)36)15-23(14-21)32(37)38/h2-11,13-16,25H,1,12,17-18H2,(H,29,33)(H,30,34)/t25-/m0/s1. The second kappa shape index (κ2) is 14.8. The van der Waals surface area contributed by atoms with Gasteiger partial charge >= 0.3 is 0 Å². The van der Waals surface area contributed by atoms with Crippen LogP contribution in [0.4, 0.5) is 11.4 Å². The van der Waals surface area contributed by atoms with Crippen molar-refractivity contribution in [3.05, 3.63) is 122 Å². The van der Waals surface area contributed by atoms with Crippen LogP contribution in [-0.2, 0) is 10.5 Å². The Bertz CT molecular complexity index is 1370. The zero-order valence-corrected chi connectivity index (χ0v) is 21.9. The van der Waals surface area contributed by atoms with E-state index in [0.717, 1.165) is 23.8 Å². The van der Waals surface area contributed by atoms with E-state index in [1.165, 1.54) is 18.0 Å². The average molecular weight is 564 g/mol. The van der Waals surface area contributed by atoms with Gasteiger partial charge < -0.3 is 10.1 Å². The Morgan fingerprint density at radius 2 is 1.65 bits per heavy atom. The number of thioether (sulfide) groups is 1. The smallest absolute Gasteiger partial charge is 0.277 e. The Hall–Kier alpha value is -5.04. The van der Waals surface area contributed by atoms with Crippen molar-refractivity contribution >= 4 is 41.2 Å². The van der Waals surface area contributed by atoms with Crippen LogP contribution < -0.4 is 15.5 Å². The number of nitrogens with zero attached hydrogens (tertiary/aromatic N) is 3. The Morgan fingerprint density at radius 3 is 2.25 bits per heavy atom. The van der Waals surface area contributed by atoms with E-state index < -0.39 is 39.1 Å². The molecule has 40 heavy (non-hydrogen) atoms. The highest BCUT2D eigenvalue weighted by Gasteiger charge is 2.25. The number of rotatable bonds is 14. The fourth-order valence-electron chi connectivity index (χ4n) is 3.28. The molecule has 3 aromatic carbocycles. The lowest BCUT2D eigenvalue weighted by Crippen LogP contribution is -2.47. The number of ether oxygens (including phenoxy) is 1. The molecule has 3 aromatic rings. The fraction of sp³-hybridized carbons (Fsp3) is 0.148. The molecule has 0 aliphatic rings. The van der Waals surface area contributed by atoms with Crippen molar-refractivity contribution in [1.82, 2.24) is 10.7 Å². The van der Waals surface area contributed by atoms with Crippen molar-refractivity contribution in [3.63, 3.8) is 0 Å². The molecule has 0 spiro atoms. The maximum absolute atomic E-state index is 13.0. The number of hydrazone groups is 1. The maximum Gasteiger partial charge on any atom is 0.277 e. The highest BCUT2D eigenvalue weighted by Crippen LogP contribution is 2.23. The van der Waals surface area contributed by atoms with Gasteiger partial charge in [-0.1, -0.05) is 43.0 Å². The summed E-state index contributed by atoms with van der Waals surface area (Å²) < 4.78 is 5.42. The van der Waals surface area contributed by atoms with Gasteiger partial charge in [0.1, 0.15) is 18.4 Å². The average Bonchev–Trinajstić information content (AvgIpc) is 2.96. The summed E-state index contributed by atoms with van der Waals surface area (Å²) >= 11 is 1.37. The summed E-state index contributed by atoms with van der Waals surface area (Å²) in [7, 11) is 0. The van der Waals surface area contributed by atoms with Crippen molar-refractivity contribution in [2.75, 3.05) is 12.4 Å². The quantitative estimate of drug-likeness (QED) is 0.127. The van der Waals surface area contributed by atoms with Crippen LogP contribution in [0.1, 0.15) is 21.5 Å². The van der Waals surface area contributed by atoms with E-state index in [1.807, 2.05) is 30.3 Å². The van der Waals surface area contributed by atoms with Crippen LogP contribution in [0.2, 0.25) is 0 Å². The van der Waals surface area contributed by atoms with Crippen LogP contribution in [0, 0.1) is 20.2 Å². The van der Waals surface area contributed by atoms with Gasteiger partial charge in [0.05, 0.1) is 27.7 Å². The number of nitro groups is 2. The summed E-state index contributed by atoms with van der Waals surface area (Å²) in [5, 5.41) is 28.9. The maximum atomic E-state index is 13.0. The summed E-state index contributed by atoms with van der Waals surface area (Å²) in [4.78, 5) is 46.7. The van der Waals surface area contributed by atoms with Gasteiger partial charge in [0.2, 0.25) is 0 Å².